The molecule has 4 heteroatoms. The molecule has 0 bridgehead atoms. The van der Waals surface area contributed by atoms with Crippen molar-refractivity contribution in [2.75, 3.05) is 0 Å². The van der Waals surface area contributed by atoms with E-state index in [0.717, 1.165) is 16.9 Å². The first-order valence-electron chi connectivity index (χ1n) is 5.47. The Morgan fingerprint density at radius 2 is 2.18 bits per heavy atom. The van der Waals surface area contributed by atoms with Gasteiger partial charge >= 0.3 is 0 Å². The largest absolute Gasteiger partial charge is 0.279 e. The van der Waals surface area contributed by atoms with Crippen molar-refractivity contribution in [1.29, 1.82) is 0 Å². The van der Waals surface area contributed by atoms with E-state index in [0.29, 0.717) is 10.7 Å². The van der Waals surface area contributed by atoms with Crippen molar-refractivity contribution < 1.29 is 4.79 Å². The quantitative estimate of drug-likeness (QED) is 0.803. The Bertz CT molecular complexity index is 506. The first-order chi connectivity index (χ1) is 8.20. The summed E-state index contributed by atoms with van der Waals surface area (Å²) < 4.78 is 0. The molecule has 1 aliphatic heterocycles. The number of thioether (sulfide) groups is 1. The van der Waals surface area contributed by atoms with E-state index in [4.69, 9.17) is 0 Å². The molecule has 1 amide bonds. The Labute approximate surface area is 105 Å². The molecule has 17 heavy (non-hydrogen) atoms. The van der Waals surface area contributed by atoms with Gasteiger partial charge < -0.3 is 0 Å². The van der Waals surface area contributed by atoms with Crippen LogP contribution in [0.2, 0.25) is 0 Å². The Kier molecular flexibility index (Phi) is 3.64. The molecule has 1 heterocycles. The summed E-state index contributed by atoms with van der Waals surface area (Å²) in [6, 6.07) is 7.44. The predicted molar refractivity (Wildman–Crippen MR) is 71.0 cm³/mol. The summed E-state index contributed by atoms with van der Waals surface area (Å²) in [5.74, 6) is -0.222. The van der Waals surface area contributed by atoms with Crippen LogP contribution >= 0.6 is 11.8 Å². The minimum absolute atomic E-state index is 0.222. The monoisotopic (exact) mass is 245 g/mol. The Hall–Kier alpha value is -1.55. The topological polar surface area (TPSA) is 43.5 Å². The minimum Gasteiger partial charge on any atom is -0.267 e. The second-order valence-electron chi connectivity index (χ2n) is 3.69. The van der Waals surface area contributed by atoms with Crippen molar-refractivity contribution in [2.24, 2.45) is 4.99 Å². The van der Waals surface area contributed by atoms with E-state index in [1.807, 2.05) is 25.1 Å². The van der Waals surface area contributed by atoms with Crippen molar-refractivity contribution in [3.8, 4) is 0 Å². The number of aryl methyl sites for hydroxylation is 1. The highest BCUT2D eigenvalue weighted by atomic mass is 32.2. The molecule has 0 atom stereocenters. The smallest absolute Gasteiger partial charge is 0.267 e. The van der Waals surface area contributed by atoms with Crippen molar-refractivity contribution >= 4 is 22.8 Å². The van der Waals surface area contributed by atoms with Crippen LogP contribution in [0.4, 0.5) is 0 Å². The summed E-state index contributed by atoms with van der Waals surface area (Å²) in [7, 11) is 0. The third-order valence-electron chi connectivity index (χ3n) is 2.46. The van der Waals surface area contributed by atoms with Crippen molar-refractivity contribution in [3.63, 3.8) is 0 Å². The van der Waals surface area contributed by atoms with Crippen LogP contribution in [-0.4, -0.2) is 11.1 Å². The highest BCUT2D eigenvalue weighted by molar-refractivity contribution is 8.17. The molecule has 1 radical (unpaired) electrons. The van der Waals surface area contributed by atoms with Gasteiger partial charge in [0.1, 0.15) is 0 Å². The number of allylic oxidation sites excluding steroid dienone is 1. The number of hydrogen-bond donors (Lipinski definition) is 0. The molecule has 0 saturated carbocycles. The van der Waals surface area contributed by atoms with Gasteiger partial charge in [0.2, 0.25) is 0 Å². The van der Waals surface area contributed by atoms with Crippen LogP contribution in [0.25, 0.3) is 0 Å². The number of carbonyl (C=O) groups excluding carboxylic acids is 1. The standard InChI is InChI=1S/C13H13N2OS/c1-3-10-8-14-13(17-10)15-12(16)11-7-5-4-6-9(11)2/h4-8H,3H2,1-2H3. The van der Waals surface area contributed by atoms with E-state index in [1.54, 1.807) is 12.3 Å². The van der Waals surface area contributed by atoms with E-state index in [1.165, 1.54) is 11.8 Å². The normalized spacial score (nSPS) is 16.8. The maximum absolute atomic E-state index is 11.9. The van der Waals surface area contributed by atoms with Crippen LogP contribution in [0.5, 0.6) is 0 Å². The van der Waals surface area contributed by atoms with Gasteiger partial charge in [-0.25, -0.2) is 5.32 Å². The molecule has 0 spiro atoms. The Morgan fingerprint density at radius 3 is 2.82 bits per heavy atom. The lowest BCUT2D eigenvalue weighted by Gasteiger charge is -2.00. The summed E-state index contributed by atoms with van der Waals surface area (Å²) in [6.07, 6.45) is 2.69. The lowest BCUT2D eigenvalue weighted by atomic mass is 10.1. The molecular weight excluding hydrogens is 232 g/mol. The molecule has 1 aromatic carbocycles. The number of amides is 1. The van der Waals surface area contributed by atoms with Crippen LogP contribution in [0.1, 0.15) is 29.3 Å². The second-order valence-corrected chi connectivity index (χ2v) is 4.79. The van der Waals surface area contributed by atoms with Crippen molar-refractivity contribution in [2.45, 2.75) is 20.3 Å². The highest BCUT2D eigenvalue weighted by Crippen LogP contribution is 2.25. The Balaban J connectivity index is 2.14. The molecule has 1 aromatic rings. The van der Waals surface area contributed by atoms with E-state index < -0.39 is 0 Å². The average molecular weight is 245 g/mol. The van der Waals surface area contributed by atoms with Gasteiger partial charge in [-0.15, -0.1) is 0 Å². The zero-order valence-corrected chi connectivity index (χ0v) is 10.6. The number of rotatable bonds is 2. The number of nitrogens with zero attached hydrogens (tertiary/aromatic N) is 2. The minimum atomic E-state index is -0.222. The third-order valence-corrected chi connectivity index (χ3v) is 3.50. The fourth-order valence-corrected chi connectivity index (χ4v) is 2.19. The van der Waals surface area contributed by atoms with E-state index in [2.05, 4.69) is 17.2 Å². The predicted octanol–water partition coefficient (Wildman–Crippen LogP) is 3.09. The fourth-order valence-electron chi connectivity index (χ4n) is 1.47. The Morgan fingerprint density at radius 1 is 1.41 bits per heavy atom. The van der Waals surface area contributed by atoms with Gasteiger partial charge in [0.05, 0.1) is 0 Å². The van der Waals surface area contributed by atoms with Crippen LogP contribution in [-0.2, 0) is 0 Å². The zero-order valence-electron chi connectivity index (χ0n) is 9.80. The number of carbonyl (C=O) groups is 1. The molecule has 0 aliphatic carbocycles. The van der Waals surface area contributed by atoms with Crippen molar-refractivity contribution in [1.82, 2.24) is 5.32 Å². The average Bonchev–Trinajstić information content (AvgIpc) is 2.77. The first-order valence-corrected chi connectivity index (χ1v) is 6.28. The van der Waals surface area contributed by atoms with Crippen LogP contribution in [0.15, 0.2) is 40.4 Å². The summed E-state index contributed by atoms with van der Waals surface area (Å²) in [5.41, 5.74) is 1.58. The number of aliphatic imine (C=N–C) groups is 1. The van der Waals surface area contributed by atoms with E-state index in [9.17, 15) is 4.79 Å². The molecule has 0 saturated heterocycles. The molecular formula is C13H13N2OS. The highest BCUT2D eigenvalue weighted by Gasteiger charge is 2.15. The molecule has 2 rings (SSSR count). The summed E-state index contributed by atoms with van der Waals surface area (Å²) in [6.45, 7) is 3.96. The molecule has 0 fully saturated rings. The molecule has 0 aromatic heterocycles. The van der Waals surface area contributed by atoms with Crippen molar-refractivity contribution in [3.05, 3.63) is 46.5 Å². The lowest BCUT2D eigenvalue weighted by molar-refractivity contribution is 0.100. The fraction of sp³-hybridized carbons (Fsp3) is 0.231. The SMILES string of the molecule is CCC1=C[N]C(=NC(=O)c2ccccc2C)S1. The van der Waals surface area contributed by atoms with Crippen LogP contribution < -0.4 is 5.32 Å². The molecule has 3 nitrogen and oxygen atoms in total. The number of hydrogen-bond acceptors (Lipinski definition) is 2. The summed E-state index contributed by atoms with van der Waals surface area (Å²) in [4.78, 5) is 17.1. The third kappa shape index (κ3) is 2.77. The zero-order chi connectivity index (χ0) is 12.3. The van der Waals surface area contributed by atoms with Gasteiger partial charge in [-0.05, 0) is 25.0 Å². The second kappa shape index (κ2) is 5.19. The van der Waals surface area contributed by atoms with E-state index >= 15 is 0 Å². The molecule has 1 aliphatic rings. The van der Waals surface area contributed by atoms with Gasteiger partial charge in [0.15, 0.2) is 5.17 Å². The number of amidine groups is 1. The maximum atomic E-state index is 11.9. The molecule has 87 valence electrons. The van der Waals surface area contributed by atoms with Crippen LogP contribution in [0.3, 0.4) is 0 Å². The van der Waals surface area contributed by atoms with Gasteiger partial charge in [-0.3, -0.25) is 4.79 Å². The van der Waals surface area contributed by atoms with Gasteiger partial charge in [-0.1, -0.05) is 36.9 Å². The molecule has 0 N–H and O–H groups in total. The van der Waals surface area contributed by atoms with Gasteiger partial charge in [-0.2, -0.15) is 4.99 Å². The van der Waals surface area contributed by atoms with Crippen LogP contribution in [0, 0.1) is 6.92 Å². The van der Waals surface area contributed by atoms with E-state index in [-0.39, 0.29) is 5.91 Å². The van der Waals surface area contributed by atoms with Gasteiger partial charge in [0, 0.05) is 16.7 Å². The number of benzene rings is 1. The van der Waals surface area contributed by atoms with Gasteiger partial charge in [0.25, 0.3) is 5.91 Å². The summed E-state index contributed by atoms with van der Waals surface area (Å²) in [5, 5.41) is 4.65. The summed E-state index contributed by atoms with van der Waals surface area (Å²) >= 11 is 1.46. The first kappa shape index (κ1) is 11.9. The maximum Gasteiger partial charge on any atom is 0.279 e. The lowest BCUT2D eigenvalue weighted by Crippen LogP contribution is -2.06. The molecule has 0 unspecified atom stereocenters.